The highest BCUT2D eigenvalue weighted by Gasteiger charge is 2.19. The van der Waals surface area contributed by atoms with E-state index >= 15 is 0 Å². The lowest BCUT2D eigenvalue weighted by atomic mass is 10.1. The number of ether oxygens (including phenoxy) is 1. The Morgan fingerprint density at radius 1 is 1.16 bits per heavy atom. The lowest BCUT2D eigenvalue weighted by Crippen LogP contribution is -2.31. The molecule has 0 bridgehead atoms. The highest BCUT2D eigenvalue weighted by atomic mass is 16.5. The number of esters is 1. The molecule has 0 aliphatic rings. The van der Waals surface area contributed by atoms with E-state index in [1.54, 1.807) is 23.2 Å². The van der Waals surface area contributed by atoms with Crippen molar-refractivity contribution in [3.05, 3.63) is 72.3 Å². The van der Waals surface area contributed by atoms with Gasteiger partial charge in [0, 0.05) is 5.56 Å². The van der Waals surface area contributed by atoms with Crippen molar-refractivity contribution in [2.45, 2.75) is 26.3 Å². The second-order valence-corrected chi connectivity index (χ2v) is 7.30. The second-order valence-electron chi connectivity index (χ2n) is 7.30. The summed E-state index contributed by atoms with van der Waals surface area (Å²) in [5.41, 5.74) is 2.45. The topological polar surface area (TPSA) is 99.2 Å². The molecular weight excluding hydrogens is 408 g/mol. The van der Waals surface area contributed by atoms with Gasteiger partial charge in [0.1, 0.15) is 18.8 Å². The zero-order valence-corrected chi connectivity index (χ0v) is 17.8. The number of carbonyl (C=O) groups is 2. The summed E-state index contributed by atoms with van der Waals surface area (Å²) in [5, 5.41) is 7.66. The third-order valence-electron chi connectivity index (χ3n) is 4.96. The van der Waals surface area contributed by atoms with Crippen LogP contribution in [0.15, 0.2) is 65.4 Å². The van der Waals surface area contributed by atoms with Crippen LogP contribution in [-0.2, 0) is 16.1 Å². The van der Waals surface area contributed by atoms with Crippen molar-refractivity contribution >= 4 is 22.9 Å². The number of pyridine rings is 1. The van der Waals surface area contributed by atoms with Gasteiger partial charge >= 0.3 is 5.97 Å². The molecular formula is C24H24N4O4. The number of nitrogens with one attached hydrogen (secondary N) is 1. The van der Waals surface area contributed by atoms with E-state index < -0.39 is 5.97 Å². The predicted octanol–water partition coefficient (Wildman–Crippen LogP) is 3.81. The monoisotopic (exact) mass is 432 g/mol. The molecule has 4 rings (SSSR count). The summed E-state index contributed by atoms with van der Waals surface area (Å²) in [6, 6.07) is 15.0. The summed E-state index contributed by atoms with van der Waals surface area (Å²) in [4.78, 5) is 29.7. The summed E-state index contributed by atoms with van der Waals surface area (Å²) in [5.74, 6) is -0.129. The first-order valence-corrected chi connectivity index (χ1v) is 10.5. The maximum absolute atomic E-state index is 13.0. The predicted molar refractivity (Wildman–Crippen MR) is 119 cm³/mol. The van der Waals surface area contributed by atoms with Gasteiger partial charge in [0.2, 0.25) is 0 Å². The molecule has 164 valence electrons. The van der Waals surface area contributed by atoms with E-state index in [9.17, 15) is 9.59 Å². The number of unbranched alkanes of at least 4 members (excludes halogenated alkanes) is 1. The van der Waals surface area contributed by atoms with Crippen molar-refractivity contribution in [3.8, 4) is 11.3 Å². The third kappa shape index (κ3) is 4.85. The minimum Gasteiger partial charge on any atom is -0.467 e. The van der Waals surface area contributed by atoms with Crippen LogP contribution in [0.3, 0.4) is 0 Å². The van der Waals surface area contributed by atoms with Gasteiger partial charge < -0.3 is 14.5 Å². The molecule has 3 aromatic heterocycles. The van der Waals surface area contributed by atoms with E-state index in [0.717, 1.165) is 24.2 Å². The van der Waals surface area contributed by atoms with E-state index in [1.807, 2.05) is 49.4 Å². The number of rotatable bonds is 9. The van der Waals surface area contributed by atoms with Crippen LogP contribution in [0.4, 0.5) is 0 Å². The summed E-state index contributed by atoms with van der Waals surface area (Å²) < 4.78 is 12.2. The normalized spacial score (nSPS) is 10.9. The van der Waals surface area contributed by atoms with Gasteiger partial charge in [-0.15, -0.1) is 0 Å². The van der Waals surface area contributed by atoms with Crippen molar-refractivity contribution in [2.75, 3.05) is 13.2 Å². The number of amides is 1. The fourth-order valence-corrected chi connectivity index (χ4v) is 3.29. The molecule has 1 amide bonds. The molecule has 1 N–H and O–H groups in total. The van der Waals surface area contributed by atoms with Crippen molar-refractivity contribution in [2.24, 2.45) is 0 Å². The molecule has 0 fully saturated rings. The highest BCUT2D eigenvalue weighted by Crippen LogP contribution is 2.25. The molecule has 0 spiro atoms. The minimum absolute atomic E-state index is 0.201. The summed E-state index contributed by atoms with van der Waals surface area (Å²) in [6.07, 6.45) is 4.93. The molecule has 0 aliphatic carbocycles. The van der Waals surface area contributed by atoms with E-state index in [-0.39, 0.29) is 12.5 Å². The minimum atomic E-state index is -0.464. The molecule has 0 saturated heterocycles. The SMILES string of the molecule is CCCCOC(=O)CNC(=O)c1cc(-c2ccccc2)nc2c1cnn2Cc1ccco1. The smallest absolute Gasteiger partial charge is 0.325 e. The summed E-state index contributed by atoms with van der Waals surface area (Å²) >= 11 is 0. The second kappa shape index (κ2) is 9.91. The maximum Gasteiger partial charge on any atom is 0.325 e. The Kier molecular flexibility index (Phi) is 6.60. The molecule has 0 atom stereocenters. The van der Waals surface area contributed by atoms with E-state index in [2.05, 4.69) is 10.4 Å². The number of hydrogen-bond acceptors (Lipinski definition) is 6. The van der Waals surface area contributed by atoms with Crippen LogP contribution in [0.25, 0.3) is 22.3 Å². The van der Waals surface area contributed by atoms with Gasteiger partial charge in [-0.1, -0.05) is 43.7 Å². The van der Waals surface area contributed by atoms with Crippen molar-refractivity contribution in [1.82, 2.24) is 20.1 Å². The fraction of sp³-hybridized carbons (Fsp3) is 0.250. The zero-order valence-electron chi connectivity index (χ0n) is 17.8. The highest BCUT2D eigenvalue weighted by molar-refractivity contribution is 6.07. The van der Waals surface area contributed by atoms with Gasteiger partial charge in [0.15, 0.2) is 5.65 Å². The number of fused-ring (bicyclic) bond motifs is 1. The molecule has 8 nitrogen and oxygen atoms in total. The van der Waals surface area contributed by atoms with Crippen LogP contribution in [0.2, 0.25) is 0 Å². The zero-order chi connectivity index (χ0) is 22.3. The number of furan rings is 1. The van der Waals surface area contributed by atoms with Crippen molar-refractivity contribution < 1.29 is 18.7 Å². The Balaban J connectivity index is 1.65. The largest absolute Gasteiger partial charge is 0.467 e. The quantitative estimate of drug-likeness (QED) is 0.319. The molecule has 0 unspecified atom stereocenters. The van der Waals surface area contributed by atoms with E-state index in [4.69, 9.17) is 14.1 Å². The number of hydrogen-bond donors (Lipinski definition) is 1. The maximum atomic E-state index is 13.0. The Morgan fingerprint density at radius 3 is 2.75 bits per heavy atom. The van der Waals surface area contributed by atoms with E-state index in [0.29, 0.717) is 35.4 Å². The first-order chi connectivity index (χ1) is 15.7. The molecule has 0 saturated carbocycles. The third-order valence-corrected chi connectivity index (χ3v) is 4.96. The Morgan fingerprint density at radius 2 is 2.00 bits per heavy atom. The number of nitrogens with zero attached hydrogens (tertiary/aromatic N) is 3. The lowest BCUT2D eigenvalue weighted by Gasteiger charge is -2.10. The number of aromatic nitrogens is 3. The standard InChI is InChI=1S/C24H24N4O4/c1-2-3-11-32-22(29)15-25-24(30)19-13-21(17-8-5-4-6-9-17)27-23-20(19)14-26-28(23)16-18-10-7-12-31-18/h4-10,12-14H,2-3,11,15-16H2,1H3,(H,25,30). The molecule has 4 aromatic rings. The molecule has 32 heavy (non-hydrogen) atoms. The Hall–Kier alpha value is -3.94. The van der Waals surface area contributed by atoms with Crippen molar-refractivity contribution in [1.29, 1.82) is 0 Å². The molecule has 3 heterocycles. The first kappa shape index (κ1) is 21.3. The van der Waals surface area contributed by atoms with Gasteiger partial charge in [-0.05, 0) is 24.6 Å². The Labute approximate surface area is 185 Å². The van der Waals surface area contributed by atoms with Crippen LogP contribution in [-0.4, -0.2) is 39.8 Å². The number of benzene rings is 1. The molecule has 8 heteroatoms. The van der Waals surface area contributed by atoms with Crippen LogP contribution < -0.4 is 5.32 Å². The van der Waals surface area contributed by atoms with Gasteiger partial charge in [0.05, 0.1) is 35.7 Å². The fourth-order valence-electron chi connectivity index (χ4n) is 3.29. The van der Waals surface area contributed by atoms with Crippen LogP contribution in [0.1, 0.15) is 35.9 Å². The first-order valence-electron chi connectivity index (χ1n) is 10.5. The van der Waals surface area contributed by atoms with Crippen LogP contribution >= 0.6 is 0 Å². The lowest BCUT2D eigenvalue weighted by molar-refractivity contribution is -0.142. The average Bonchev–Trinajstić information content (AvgIpc) is 3.48. The van der Waals surface area contributed by atoms with Crippen LogP contribution in [0.5, 0.6) is 0 Å². The van der Waals surface area contributed by atoms with Gasteiger partial charge in [-0.3, -0.25) is 9.59 Å². The van der Waals surface area contributed by atoms with Gasteiger partial charge in [-0.2, -0.15) is 5.10 Å². The summed E-state index contributed by atoms with van der Waals surface area (Å²) in [6.45, 7) is 2.54. The molecule has 0 aliphatic heterocycles. The van der Waals surface area contributed by atoms with Crippen molar-refractivity contribution in [3.63, 3.8) is 0 Å². The van der Waals surface area contributed by atoms with Gasteiger partial charge in [-0.25, -0.2) is 9.67 Å². The Bertz CT molecular complexity index is 1200. The average molecular weight is 432 g/mol. The molecule has 0 radical (unpaired) electrons. The van der Waals surface area contributed by atoms with Crippen LogP contribution in [0, 0.1) is 0 Å². The van der Waals surface area contributed by atoms with E-state index in [1.165, 1.54) is 0 Å². The molecule has 1 aromatic carbocycles. The summed E-state index contributed by atoms with van der Waals surface area (Å²) in [7, 11) is 0. The number of carbonyl (C=O) groups excluding carboxylic acids is 2. The van der Waals surface area contributed by atoms with Gasteiger partial charge in [0.25, 0.3) is 5.91 Å².